The van der Waals surface area contributed by atoms with Crippen molar-refractivity contribution >= 4 is 11.7 Å². The van der Waals surface area contributed by atoms with E-state index < -0.39 is 0 Å². The number of methoxy groups -OCH3 is 1. The molecule has 0 spiro atoms. The molecule has 0 saturated heterocycles. The Bertz CT molecular complexity index is 366. The van der Waals surface area contributed by atoms with Gasteiger partial charge in [-0.25, -0.2) is 4.79 Å². The number of benzene rings is 1. The molecular weight excluding hydrogens is 206 g/mol. The Balaban J connectivity index is 2.65. The molecule has 0 unspecified atom stereocenters. The van der Waals surface area contributed by atoms with E-state index in [1.165, 1.54) is 0 Å². The second kappa shape index (κ2) is 5.85. The first-order valence-electron chi connectivity index (χ1n) is 5.11. The fraction of sp³-hybridized carbons (Fsp3) is 0.364. The first-order chi connectivity index (χ1) is 7.67. The van der Waals surface area contributed by atoms with Crippen LogP contribution in [-0.4, -0.2) is 19.7 Å². The summed E-state index contributed by atoms with van der Waals surface area (Å²) in [5, 5.41) is 5.36. The van der Waals surface area contributed by atoms with Gasteiger partial charge >= 0.3 is 6.03 Å². The molecule has 0 aromatic heterocycles. The van der Waals surface area contributed by atoms with Crippen molar-refractivity contribution in [1.82, 2.24) is 10.6 Å². The predicted octanol–water partition coefficient (Wildman–Crippen LogP) is 1.10. The molecule has 0 fully saturated rings. The SMILES string of the molecule is CCNC(=O)NCc1cc(N)ccc1OC. The van der Waals surface area contributed by atoms with E-state index in [9.17, 15) is 4.79 Å². The average molecular weight is 223 g/mol. The number of nitrogens with one attached hydrogen (secondary N) is 2. The number of ether oxygens (including phenoxy) is 1. The molecule has 1 rings (SSSR count). The molecule has 0 aliphatic rings. The molecule has 2 amide bonds. The number of urea groups is 1. The Morgan fingerprint density at radius 1 is 1.44 bits per heavy atom. The van der Waals surface area contributed by atoms with Crippen LogP contribution in [0.5, 0.6) is 5.75 Å². The van der Waals surface area contributed by atoms with Gasteiger partial charge in [0, 0.05) is 24.3 Å². The van der Waals surface area contributed by atoms with Gasteiger partial charge in [-0.15, -0.1) is 0 Å². The van der Waals surface area contributed by atoms with Crippen molar-refractivity contribution in [2.75, 3.05) is 19.4 Å². The summed E-state index contributed by atoms with van der Waals surface area (Å²) in [6, 6.07) is 5.12. The second-order valence-electron chi connectivity index (χ2n) is 3.28. The number of nitrogen functional groups attached to an aromatic ring is 1. The van der Waals surface area contributed by atoms with E-state index in [2.05, 4.69) is 10.6 Å². The maximum Gasteiger partial charge on any atom is 0.315 e. The highest BCUT2D eigenvalue weighted by Gasteiger charge is 2.05. The van der Waals surface area contributed by atoms with Crippen LogP contribution < -0.4 is 21.1 Å². The average Bonchev–Trinajstić information content (AvgIpc) is 2.27. The first-order valence-corrected chi connectivity index (χ1v) is 5.11. The molecule has 0 atom stereocenters. The van der Waals surface area contributed by atoms with Crippen molar-refractivity contribution in [3.63, 3.8) is 0 Å². The lowest BCUT2D eigenvalue weighted by Gasteiger charge is -2.10. The lowest BCUT2D eigenvalue weighted by Crippen LogP contribution is -2.34. The zero-order valence-electron chi connectivity index (χ0n) is 9.54. The molecule has 5 heteroatoms. The second-order valence-corrected chi connectivity index (χ2v) is 3.28. The van der Waals surface area contributed by atoms with E-state index in [-0.39, 0.29) is 6.03 Å². The van der Waals surface area contributed by atoms with Crippen LogP contribution in [-0.2, 0) is 6.54 Å². The highest BCUT2D eigenvalue weighted by molar-refractivity contribution is 5.73. The van der Waals surface area contributed by atoms with Crippen molar-refractivity contribution in [2.24, 2.45) is 0 Å². The van der Waals surface area contributed by atoms with Gasteiger partial charge in [0.2, 0.25) is 0 Å². The summed E-state index contributed by atoms with van der Waals surface area (Å²) in [6.45, 7) is 2.85. The van der Waals surface area contributed by atoms with Gasteiger partial charge in [0.05, 0.1) is 7.11 Å². The number of rotatable bonds is 4. The largest absolute Gasteiger partial charge is 0.496 e. The Morgan fingerprint density at radius 2 is 2.19 bits per heavy atom. The van der Waals surface area contributed by atoms with Crippen LogP contribution in [0.15, 0.2) is 18.2 Å². The van der Waals surface area contributed by atoms with E-state index in [0.29, 0.717) is 24.5 Å². The summed E-state index contributed by atoms with van der Waals surface area (Å²) in [5.74, 6) is 0.714. The van der Waals surface area contributed by atoms with E-state index in [1.54, 1.807) is 25.3 Å². The molecular formula is C11H17N3O2. The maximum absolute atomic E-state index is 11.2. The highest BCUT2D eigenvalue weighted by atomic mass is 16.5. The van der Waals surface area contributed by atoms with Crippen LogP contribution in [0.1, 0.15) is 12.5 Å². The Kier molecular flexibility index (Phi) is 4.44. The van der Waals surface area contributed by atoms with Crippen LogP contribution >= 0.6 is 0 Å². The normalized spacial score (nSPS) is 9.62. The number of anilines is 1. The fourth-order valence-electron chi connectivity index (χ4n) is 1.34. The van der Waals surface area contributed by atoms with E-state index in [4.69, 9.17) is 10.5 Å². The van der Waals surface area contributed by atoms with E-state index >= 15 is 0 Å². The lowest BCUT2D eigenvalue weighted by molar-refractivity contribution is 0.241. The summed E-state index contributed by atoms with van der Waals surface area (Å²) in [6.07, 6.45) is 0. The van der Waals surface area contributed by atoms with Crippen LogP contribution in [0.25, 0.3) is 0 Å². The first kappa shape index (κ1) is 12.2. The Morgan fingerprint density at radius 3 is 2.81 bits per heavy atom. The van der Waals surface area contributed by atoms with Gasteiger partial charge in [0.25, 0.3) is 0 Å². The minimum absolute atomic E-state index is 0.202. The van der Waals surface area contributed by atoms with Gasteiger partial charge in [0.1, 0.15) is 5.75 Å². The molecule has 0 radical (unpaired) electrons. The van der Waals surface area contributed by atoms with Gasteiger partial charge in [-0.1, -0.05) is 0 Å². The molecule has 0 aliphatic heterocycles. The molecule has 0 bridgehead atoms. The number of hydrogen-bond donors (Lipinski definition) is 3. The number of nitrogens with two attached hydrogens (primary N) is 1. The summed E-state index contributed by atoms with van der Waals surface area (Å²) in [7, 11) is 1.58. The molecule has 0 saturated carbocycles. The molecule has 0 aliphatic carbocycles. The van der Waals surface area contributed by atoms with Crippen LogP contribution in [0.3, 0.4) is 0 Å². The van der Waals surface area contributed by atoms with Crippen molar-refractivity contribution in [3.8, 4) is 5.75 Å². The molecule has 4 N–H and O–H groups in total. The standard InChI is InChI=1S/C11H17N3O2/c1-3-13-11(15)14-7-8-6-9(12)4-5-10(8)16-2/h4-6H,3,7,12H2,1-2H3,(H2,13,14,15). The van der Waals surface area contributed by atoms with Gasteiger partial charge in [-0.3, -0.25) is 0 Å². The predicted molar refractivity (Wildman–Crippen MR) is 63.3 cm³/mol. The van der Waals surface area contributed by atoms with Crippen LogP contribution in [0, 0.1) is 0 Å². The van der Waals surface area contributed by atoms with Crippen LogP contribution in [0.2, 0.25) is 0 Å². The zero-order valence-corrected chi connectivity index (χ0v) is 9.54. The molecule has 1 aromatic rings. The van der Waals surface area contributed by atoms with Gasteiger partial charge < -0.3 is 21.1 Å². The fourth-order valence-corrected chi connectivity index (χ4v) is 1.34. The van der Waals surface area contributed by atoms with Gasteiger partial charge in [-0.05, 0) is 25.1 Å². The van der Waals surface area contributed by atoms with E-state index in [0.717, 1.165) is 5.56 Å². The third-order valence-corrected chi connectivity index (χ3v) is 2.08. The summed E-state index contributed by atoms with van der Waals surface area (Å²) in [5.41, 5.74) is 7.17. The minimum Gasteiger partial charge on any atom is -0.496 e. The van der Waals surface area contributed by atoms with Crippen molar-refractivity contribution in [2.45, 2.75) is 13.5 Å². The Hall–Kier alpha value is -1.91. The van der Waals surface area contributed by atoms with Crippen molar-refractivity contribution in [3.05, 3.63) is 23.8 Å². The van der Waals surface area contributed by atoms with E-state index in [1.807, 2.05) is 6.92 Å². The molecule has 5 nitrogen and oxygen atoms in total. The molecule has 88 valence electrons. The van der Waals surface area contributed by atoms with Crippen LogP contribution in [0.4, 0.5) is 10.5 Å². The monoisotopic (exact) mass is 223 g/mol. The summed E-state index contributed by atoms with van der Waals surface area (Å²) < 4.78 is 5.17. The third-order valence-electron chi connectivity index (χ3n) is 2.08. The lowest BCUT2D eigenvalue weighted by atomic mass is 10.2. The molecule has 16 heavy (non-hydrogen) atoms. The van der Waals surface area contributed by atoms with Gasteiger partial charge in [0.15, 0.2) is 0 Å². The smallest absolute Gasteiger partial charge is 0.315 e. The van der Waals surface area contributed by atoms with Gasteiger partial charge in [-0.2, -0.15) is 0 Å². The topological polar surface area (TPSA) is 76.4 Å². The molecule has 0 heterocycles. The van der Waals surface area contributed by atoms with Crippen molar-refractivity contribution < 1.29 is 9.53 Å². The summed E-state index contributed by atoms with van der Waals surface area (Å²) >= 11 is 0. The number of carbonyl (C=O) groups is 1. The summed E-state index contributed by atoms with van der Waals surface area (Å²) in [4.78, 5) is 11.2. The highest BCUT2D eigenvalue weighted by Crippen LogP contribution is 2.20. The van der Waals surface area contributed by atoms with Crippen molar-refractivity contribution in [1.29, 1.82) is 0 Å². The maximum atomic E-state index is 11.2. The zero-order chi connectivity index (χ0) is 12.0. The number of carbonyl (C=O) groups excluding carboxylic acids is 1. The number of amides is 2. The quantitative estimate of drug-likeness (QED) is 0.669. The Labute approximate surface area is 95.0 Å². The minimum atomic E-state index is -0.202. The molecule has 1 aromatic carbocycles. The third kappa shape index (κ3) is 3.34. The number of hydrogen-bond acceptors (Lipinski definition) is 3.